The smallest absolute Gasteiger partial charge is 0.324 e. The Morgan fingerprint density at radius 1 is 0.944 bits per heavy atom. The van der Waals surface area contributed by atoms with Gasteiger partial charge < -0.3 is 32.7 Å². The predicted octanol–water partition coefficient (Wildman–Crippen LogP) is 8.88. The molecule has 3 unspecified atom stereocenters. The maximum absolute atomic E-state index is 14.4. The molecule has 2 aromatic heterocycles. The minimum absolute atomic E-state index is 0.191. The molecule has 3 atom stereocenters. The molecule has 1 saturated heterocycles. The molecular formula is C41H55FN4O6S2. The first-order valence-corrected chi connectivity index (χ1v) is 22.1. The van der Waals surface area contributed by atoms with Crippen LogP contribution >= 0.6 is 0 Å². The van der Waals surface area contributed by atoms with Crippen LogP contribution in [-0.4, -0.2) is 68.0 Å². The molecule has 2 aliphatic heterocycles. The van der Waals surface area contributed by atoms with Crippen LogP contribution < -0.4 is 19.1 Å². The van der Waals surface area contributed by atoms with Crippen LogP contribution in [0, 0.1) is 11.7 Å². The van der Waals surface area contributed by atoms with Gasteiger partial charge in [0.1, 0.15) is 28.8 Å². The highest BCUT2D eigenvalue weighted by Gasteiger charge is 2.24. The van der Waals surface area contributed by atoms with Crippen molar-refractivity contribution >= 4 is 28.4 Å². The summed E-state index contributed by atoms with van der Waals surface area (Å²) in [7, 11) is 0. The fourth-order valence-electron chi connectivity index (χ4n) is 6.32. The summed E-state index contributed by atoms with van der Waals surface area (Å²) in [4.78, 5) is 11.4. The Labute approximate surface area is 325 Å². The average molecular weight is 783 g/mol. The molecule has 0 N–H and O–H groups in total. The van der Waals surface area contributed by atoms with Gasteiger partial charge in [-0.05, 0) is 91.7 Å². The lowest BCUT2D eigenvalue weighted by atomic mass is 9.98. The van der Waals surface area contributed by atoms with Gasteiger partial charge >= 0.3 is 6.01 Å². The number of benzene rings is 2. The first kappa shape index (κ1) is 41.6. The van der Waals surface area contributed by atoms with Gasteiger partial charge in [-0.1, -0.05) is 68.9 Å². The van der Waals surface area contributed by atoms with E-state index in [1.807, 2.05) is 32.0 Å². The highest BCUT2D eigenvalue weighted by atomic mass is 32.2. The van der Waals surface area contributed by atoms with Crippen LogP contribution in [0.5, 0.6) is 17.2 Å². The number of pyridine rings is 1. The number of rotatable bonds is 17. The first-order valence-electron chi connectivity index (χ1n) is 19.2. The molecule has 2 aromatic carbocycles. The lowest BCUT2D eigenvalue weighted by Crippen LogP contribution is -2.35. The summed E-state index contributed by atoms with van der Waals surface area (Å²) in [5, 5.41) is 4.23. The number of halogens is 1. The summed E-state index contributed by atoms with van der Waals surface area (Å²) in [6, 6.07) is 14.7. The minimum atomic E-state index is -1.22. The number of nitrogens with zero attached hydrogens (tertiary/aromatic N) is 4. The van der Waals surface area contributed by atoms with Crippen molar-refractivity contribution in [1.82, 2.24) is 15.1 Å². The third-order valence-corrected chi connectivity index (χ3v) is 12.4. The second-order valence-corrected chi connectivity index (χ2v) is 17.7. The maximum atomic E-state index is 14.4. The van der Waals surface area contributed by atoms with Gasteiger partial charge in [0.05, 0.1) is 18.5 Å². The Bertz CT molecular complexity index is 1720. The number of aromatic nitrogens is 3. The van der Waals surface area contributed by atoms with Crippen molar-refractivity contribution in [2.75, 3.05) is 43.4 Å². The van der Waals surface area contributed by atoms with Crippen LogP contribution in [0.1, 0.15) is 96.4 Å². The molecule has 294 valence electrons. The monoisotopic (exact) mass is 782 g/mol. The lowest BCUT2D eigenvalue weighted by Gasteiger charge is -2.30. The Kier molecular flexibility index (Phi) is 16.2. The third-order valence-electron chi connectivity index (χ3n) is 9.71. The summed E-state index contributed by atoms with van der Waals surface area (Å²) >= 11 is -1.97. The number of anilines is 1. The van der Waals surface area contributed by atoms with Crippen molar-refractivity contribution in [3.8, 4) is 28.5 Å². The summed E-state index contributed by atoms with van der Waals surface area (Å²) in [6.45, 7) is 11.0. The topological polar surface area (TPSA) is 129 Å². The molecule has 10 nitrogen and oxygen atoms in total. The van der Waals surface area contributed by atoms with Gasteiger partial charge in [-0.2, -0.15) is 4.98 Å². The van der Waals surface area contributed by atoms with E-state index in [-0.39, 0.29) is 11.2 Å². The summed E-state index contributed by atoms with van der Waals surface area (Å²) < 4.78 is 60.2. The molecular weight excluding hydrogens is 728 g/mol. The third kappa shape index (κ3) is 12.2. The van der Waals surface area contributed by atoms with Gasteiger partial charge in [-0.15, -0.1) is 0 Å². The van der Waals surface area contributed by atoms with Gasteiger partial charge in [0.25, 0.3) is 0 Å². The quantitative estimate of drug-likeness (QED) is 0.0757. The van der Waals surface area contributed by atoms with E-state index in [0.29, 0.717) is 47.2 Å². The van der Waals surface area contributed by atoms with Crippen LogP contribution in [0.4, 0.5) is 10.4 Å². The van der Waals surface area contributed by atoms with Crippen LogP contribution in [-0.2, 0) is 28.8 Å². The van der Waals surface area contributed by atoms with Crippen molar-refractivity contribution in [2.45, 2.75) is 102 Å². The van der Waals surface area contributed by atoms with Crippen molar-refractivity contribution in [3.05, 3.63) is 71.9 Å². The van der Waals surface area contributed by atoms with Gasteiger partial charge in [-0.3, -0.25) is 4.98 Å². The Balaban J connectivity index is 0.000000223. The van der Waals surface area contributed by atoms with Gasteiger partial charge in [0.15, 0.2) is 22.2 Å². The van der Waals surface area contributed by atoms with E-state index in [9.17, 15) is 13.5 Å². The van der Waals surface area contributed by atoms with E-state index in [1.54, 1.807) is 30.5 Å². The van der Waals surface area contributed by atoms with Crippen LogP contribution in [0.15, 0.2) is 64.1 Å². The Morgan fingerprint density at radius 3 is 2.39 bits per heavy atom. The minimum Gasteiger partial charge on any atom is -0.616 e. The molecule has 54 heavy (non-hydrogen) atoms. The number of hydrogen-bond donors (Lipinski definition) is 0. The normalized spacial score (nSPS) is 15.8. The number of fused-ring (bicyclic) bond motifs is 1. The van der Waals surface area contributed by atoms with Gasteiger partial charge in [0.2, 0.25) is 6.79 Å². The van der Waals surface area contributed by atoms with Crippen LogP contribution in [0.2, 0.25) is 0 Å². The Morgan fingerprint density at radius 2 is 1.70 bits per heavy atom. The maximum Gasteiger partial charge on any atom is 0.324 e. The molecule has 0 saturated carbocycles. The zero-order valence-corrected chi connectivity index (χ0v) is 33.9. The molecule has 1 fully saturated rings. The number of unbranched alkanes of at least 4 members (excludes halogenated alkanes) is 5. The SMILES string of the molecule is CC(C)c1noc(N2CCC(COc3ccc(-c4ccc([S+](C)[O-])cc4F)nc3)CC2)n1.CCCCCCCC[S+]([O-])C(C)Cc1ccc2c(c1)OCO2. The Hall–Kier alpha value is -3.52. The standard InChI is InChI=1S/C23H27FN4O3S.C18H28O3S/c1-15(2)22-26-23(31-27-22)28-10-8-16(9-11-28)14-30-17-4-7-21(25-13-17)19-6-5-18(32(3)29)12-20(19)24;1-3-4-5-6-7-8-11-22(19)15(2)12-16-9-10-17-18(13-16)21-14-20-17/h4-7,12-13,15-16H,8-11,14H2,1-3H3;9-10,13,15H,3-8,11-12,14H2,1-2H3. The lowest BCUT2D eigenvalue weighted by molar-refractivity contribution is 0.174. The van der Waals surface area contributed by atoms with Crippen molar-refractivity contribution < 1.29 is 32.2 Å². The molecule has 13 heteroatoms. The van der Waals surface area contributed by atoms with Crippen LogP contribution in [0.3, 0.4) is 0 Å². The van der Waals surface area contributed by atoms with Gasteiger partial charge in [-0.25, -0.2) is 4.39 Å². The number of piperidine rings is 1. The number of ether oxygens (including phenoxy) is 3. The van der Waals surface area contributed by atoms with E-state index in [0.717, 1.165) is 61.8 Å². The van der Waals surface area contributed by atoms with E-state index >= 15 is 0 Å². The second kappa shape index (κ2) is 21.0. The molecule has 0 bridgehead atoms. The van der Waals surface area contributed by atoms with Crippen molar-refractivity contribution in [3.63, 3.8) is 0 Å². The summed E-state index contributed by atoms with van der Waals surface area (Å²) in [5.74, 6) is 4.08. The van der Waals surface area contributed by atoms with E-state index in [2.05, 4.69) is 33.9 Å². The van der Waals surface area contributed by atoms with Crippen LogP contribution in [0.25, 0.3) is 11.3 Å². The van der Waals surface area contributed by atoms with Crippen molar-refractivity contribution in [1.29, 1.82) is 0 Å². The molecule has 6 rings (SSSR count). The fraction of sp³-hybridized carbons (Fsp3) is 0.537. The molecule has 0 radical (unpaired) electrons. The first-order chi connectivity index (χ1) is 26.1. The summed E-state index contributed by atoms with van der Waals surface area (Å²) in [6.07, 6.45) is 13.4. The van der Waals surface area contributed by atoms with E-state index in [4.69, 9.17) is 18.7 Å². The predicted molar refractivity (Wildman–Crippen MR) is 213 cm³/mol. The van der Waals surface area contributed by atoms with Gasteiger partial charge in [0, 0.05) is 37.1 Å². The zero-order valence-electron chi connectivity index (χ0n) is 32.3. The summed E-state index contributed by atoms with van der Waals surface area (Å²) in [5.41, 5.74) is 2.06. The van der Waals surface area contributed by atoms with E-state index in [1.165, 1.54) is 50.0 Å². The molecule has 0 amide bonds. The molecule has 4 heterocycles. The molecule has 0 aliphatic carbocycles. The molecule has 0 spiro atoms. The zero-order chi connectivity index (χ0) is 38.5. The number of hydrogen-bond acceptors (Lipinski definition) is 10. The highest BCUT2D eigenvalue weighted by Crippen LogP contribution is 2.33. The fourth-order valence-corrected chi connectivity index (χ4v) is 8.12. The average Bonchev–Trinajstić information content (AvgIpc) is 3.87. The second-order valence-electron chi connectivity index (χ2n) is 14.4. The van der Waals surface area contributed by atoms with Crippen molar-refractivity contribution in [2.24, 2.45) is 5.92 Å². The largest absolute Gasteiger partial charge is 0.616 e. The molecule has 2 aliphatic rings. The van der Waals surface area contributed by atoms with E-state index < -0.39 is 28.2 Å². The highest BCUT2D eigenvalue weighted by molar-refractivity contribution is 7.92. The molecule has 4 aromatic rings.